The number of halogens is 1. The Morgan fingerprint density at radius 3 is 2.27 bits per heavy atom. The van der Waals surface area contributed by atoms with E-state index in [9.17, 15) is 17.6 Å². The quantitative estimate of drug-likeness (QED) is 0.573. The van der Waals surface area contributed by atoms with Crippen LogP contribution in [0.15, 0.2) is 53.6 Å². The molecular formula is C24H27FN4O3S. The third kappa shape index (κ3) is 4.43. The lowest BCUT2D eigenvalue weighted by Gasteiger charge is -2.34. The lowest BCUT2D eigenvalue weighted by atomic mass is 10.1. The van der Waals surface area contributed by atoms with Crippen LogP contribution in [0, 0.1) is 19.7 Å². The Kier molecular flexibility index (Phi) is 6.36. The molecule has 1 saturated heterocycles. The van der Waals surface area contributed by atoms with Gasteiger partial charge in [0.2, 0.25) is 10.0 Å². The van der Waals surface area contributed by atoms with Crippen LogP contribution in [0.2, 0.25) is 0 Å². The molecule has 7 nitrogen and oxygen atoms in total. The molecule has 0 saturated carbocycles. The maximum atomic E-state index is 13.3. The zero-order chi connectivity index (χ0) is 23.8. The summed E-state index contributed by atoms with van der Waals surface area (Å²) in [4.78, 5) is 15.2. The average molecular weight is 471 g/mol. The number of rotatable bonds is 5. The van der Waals surface area contributed by atoms with E-state index in [2.05, 4.69) is 5.10 Å². The molecule has 0 spiro atoms. The van der Waals surface area contributed by atoms with E-state index >= 15 is 0 Å². The second-order valence-electron chi connectivity index (χ2n) is 8.19. The molecule has 3 aromatic rings. The summed E-state index contributed by atoms with van der Waals surface area (Å²) in [6.07, 6.45) is 2.10. The lowest BCUT2D eigenvalue weighted by Crippen LogP contribution is -2.50. The number of carbonyl (C=O) groups is 1. The van der Waals surface area contributed by atoms with Crippen LogP contribution in [0.5, 0.6) is 0 Å². The summed E-state index contributed by atoms with van der Waals surface area (Å²) >= 11 is 0. The summed E-state index contributed by atoms with van der Waals surface area (Å²) in [5.41, 5.74) is 3.85. The minimum atomic E-state index is -3.62. The molecule has 4 rings (SSSR count). The average Bonchev–Trinajstić information content (AvgIpc) is 3.25. The SMILES string of the molecule is CCc1c(C(=O)N2CCN(S(=O)(=O)c3ccc(C)c(C)c3)CC2)cnn1-c1ccc(F)cc1. The molecule has 0 bridgehead atoms. The van der Waals surface area contributed by atoms with Gasteiger partial charge >= 0.3 is 0 Å². The molecular weight excluding hydrogens is 443 g/mol. The highest BCUT2D eigenvalue weighted by Crippen LogP contribution is 2.22. The van der Waals surface area contributed by atoms with Crippen LogP contribution in [-0.2, 0) is 16.4 Å². The van der Waals surface area contributed by atoms with Gasteiger partial charge in [-0.25, -0.2) is 17.5 Å². The number of sulfonamides is 1. The predicted octanol–water partition coefficient (Wildman–Crippen LogP) is 3.34. The fourth-order valence-corrected chi connectivity index (χ4v) is 5.53. The summed E-state index contributed by atoms with van der Waals surface area (Å²) < 4.78 is 42.5. The fraction of sp³-hybridized carbons (Fsp3) is 0.333. The van der Waals surface area contributed by atoms with Gasteiger partial charge in [0.1, 0.15) is 5.82 Å². The van der Waals surface area contributed by atoms with Gasteiger partial charge in [0.25, 0.3) is 5.91 Å². The van der Waals surface area contributed by atoms with Crippen molar-refractivity contribution in [1.29, 1.82) is 0 Å². The van der Waals surface area contributed by atoms with Gasteiger partial charge in [0.15, 0.2) is 0 Å². The van der Waals surface area contributed by atoms with Crippen LogP contribution in [0.3, 0.4) is 0 Å². The first-order valence-electron chi connectivity index (χ1n) is 10.9. The van der Waals surface area contributed by atoms with Crippen molar-refractivity contribution in [2.45, 2.75) is 32.1 Å². The second-order valence-corrected chi connectivity index (χ2v) is 10.1. The van der Waals surface area contributed by atoms with Crippen molar-refractivity contribution < 1.29 is 17.6 Å². The first kappa shape index (κ1) is 23.1. The molecule has 0 N–H and O–H groups in total. The molecule has 9 heteroatoms. The topological polar surface area (TPSA) is 75.5 Å². The van der Waals surface area contributed by atoms with Gasteiger partial charge < -0.3 is 4.90 Å². The van der Waals surface area contributed by atoms with Crippen LogP contribution in [0.25, 0.3) is 5.69 Å². The molecule has 0 radical (unpaired) electrons. The normalized spacial score (nSPS) is 15.1. The first-order chi connectivity index (χ1) is 15.7. The van der Waals surface area contributed by atoms with Crippen molar-refractivity contribution in [3.63, 3.8) is 0 Å². The summed E-state index contributed by atoms with van der Waals surface area (Å²) in [7, 11) is -3.62. The third-order valence-electron chi connectivity index (χ3n) is 6.15. The van der Waals surface area contributed by atoms with Crippen molar-refractivity contribution in [1.82, 2.24) is 19.0 Å². The lowest BCUT2D eigenvalue weighted by molar-refractivity contribution is 0.0696. The summed E-state index contributed by atoms with van der Waals surface area (Å²) in [6, 6.07) is 11.1. The highest BCUT2D eigenvalue weighted by molar-refractivity contribution is 7.89. The van der Waals surface area contributed by atoms with Gasteiger partial charge in [-0.15, -0.1) is 0 Å². The Morgan fingerprint density at radius 1 is 1.00 bits per heavy atom. The molecule has 1 aliphatic heterocycles. The number of hydrogen-bond donors (Lipinski definition) is 0. The second kappa shape index (κ2) is 9.07. The van der Waals surface area contributed by atoms with Gasteiger partial charge in [0.05, 0.1) is 28.0 Å². The maximum Gasteiger partial charge on any atom is 0.257 e. The number of piperazine rings is 1. The van der Waals surface area contributed by atoms with Crippen LogP contribution < -0.4 is 0 Å². The molecule has 2 heterocycles. The zero-order valence-electron chi connectivity index (χ0n) is 19.0. The number of aryl methyl sites for hydroxylation is 2. The van der Waals surface area contributed by atoms with E-state index < -0.39 is 10.0 Å². The molecule has 1 aromatic heterocycles. The summed E-state index contributed by atoms with van der Waals surface area (Å²) in [6.45, 7) is 6.83. The largest absolute Gasteiger partial charge is 0.336 e. The molecule has 0 unspecified atom stereocenters. The molecule has 174 valence electrons. The van der Waals surface area contributed by atoms with Crippen molar-refractivity contribution in [2.75, 3.05) is 26.2 Å². The summed E-state index contributed by atoms with van der Waals surface area (Å²) in [5, 5.41) is 4.35. The van der Waals surface area contributed by atoms with Gasteiger partial charge in [-0.1, -0.05) is 13.0 Å². The number of hydrogen-bond acceptors (Lipinski definition) is 4. The number of nitrogens with zero attached hydrogens (tertiary/aromatic N) is 4. The Balaban J connectivity index is 1.50. The van der Waals surface area contributed by atoms with Crippen molar-refractivity contribution in [2.24, 2.45) is 0 Å². The van der Waals surface area contributed by atoms with E-state index in [1.165, 1.54) is 22.6 Å². The van der Waals surface area contributed by atoms with E-state index in [0.717, 1.165) is 16.8 Å². The maximum absolute atomic E-state index is 13.3. The Labute approximate surface area is 193 Å². The molecule has 2 aromatic carbocycles. The van der Waals surface area contributed by atoms with E-state index in [4.69, 9.17) is 0 Å². The van der Waals surface area contributed by atoms with Crippen LogP contribution >= 0.6 is 0 Å². The zero-order valence-corrected chi connectivity index (χ0v) is 19.8. The smallest absolute Gasteiger partial charge is 0.257 e. The number of amides is 1. The van der Waals surface area contributed by atoms with Crippen molar-refractivity contribution in [3.05, 3.63) is 76.9 Å². The fourth-order valence-electron chi connectivity index (χ4n) is 4.02. The number of aromatic nitrogens is 2. The van der Waals surface area contributed by atoms with Crippen LogP contribution in [0.4, 0.5) is 4.39 Å². The van der Waals surface area contributed by atoms with E-state index in [1.807, 2.05) is 26.8 Å². The number of carbonyl (C=O) groups excluding carboxylic acids is 1. The van der Waals surface area contributed by atoms with Gasteiger partial charge in [0, 0.05) is 26.2 Å². The highest BCUT2D eigenvalue weighted by atomic mass is 32.2. The minimum absolute atomic E-state index is 0.177. The van der Waals surface area contributed by atoms with Crippen LogP contribution in [-0.4, -0.2) is 59.5 Å². The molecule has 0 aliphatic carbocycles. The first-order valence-corrected chi connectivity index (χ1v) is 12.4. The Hall–Kier alpha value is -3.04. The monoisotopic (exact) mass is 470 g/mol. The third-order valence-corrected chi connectivity index (χ3v) is 8.04. The van der Waals surface area contributed by atoms with Gasteiger partial charge in [-0.2, -0.15) is 9.40 Å². The van der Waals surface area contributed by atoms with Gasteiger partial charge in [-0.05, 0) is 67.8 Å². The summed E-state index contributed by atoms with van der Waals surface area (Å²) in [5.74, 6) is -0.516. The minimum Gasteiger partial charge on any atom is -0.336 e. The highest BCUT2D eigenvalue weighted by Gasteiger charge is 2.32. The van der Waals surface area contributed by atoms with Crippen molar-refractivity contribution >= 4 is 15.9 Å². The number of benzene rings is 2. The van der Waals surface area contributed by atoms with Gasteiger partial charge in [-0.3, -0.25) is 4.79 Å². The Morgan fingerprint density at radius 2 is 1.67 bits per heavy atom. The molecule has 0 atom stereocenters. The van der Waals surface area contributed by atoms with E-state index in [-0.39, 0.29) is 29.7 Å². The molecule has 1 fully saturated rings. The van der Waals surface area contributed by atoms with Crippen molar-refractivity contribution in [3.8, 4) is 5.69 Å². The predicted molar refractivity (Wildman–Crippen MR) is 123 cm³/mol. The molecule has 1 aliphatic rings. The standard InChI is InChI=1S/C24H27FN4O3S/c1-4-23-22(16-26-29(23)20-8-6-19(25)7-9-20)24(30)27-11-13-28(14-12-27)33(31,32)21-10-5-17(2)18(3)15-21/h5-10,15-16H,4,11-14H2,1-3H3. The van der Waals surface area contributed by atoms with Crippen LogP contribution in [0.1, 0.15) is 34.1 Å². The van der Waals surface area contributed by atoms with E-state index in [1.54, 1.807) is 33.8 Å². The van der Waals surface area contributed by atoms with E-state index in [0.29, 0.717) is 30.8 Å². The molecule has 33 heavy (non-hydrogen) atoms. The Bertz CT molecular complexity index is 1280. The molecule has 1 amide bonds.